The van der Waals surface area contributed by atoms with Gasteiger partial charge in [0.15, 0.2) is 0 Å². The highest BCUT2D eigenvalue weighted by atomic mass is 35.5. The predicted molar refractivity (Wildman–Crippen MR) is 63.4 cm³/mol. The van der Waals surface area contributed by atoms with E-state index in [2.05, 4.69) is 5.10 Å². The summed E-state index contributed by atoms with van der Waals surface area (Å²) in [5.74, 6) is -0.999. The zero-order chi connectivity index (χ0) is 13.5. The lowest BCUT2D eigenvalue weighted by Crippen LogP contribution is -2.30. The number of hydrogen-bond acceptors (Lipinski definition) is 2. The summed E-state index contributed by atoms with van der Waals surface area (Å²) in [6.45, 7) is 1.69. The first-order chi connectivity index (χ1) is 8.30. The second kappa shape index (κ2) is 4.64. The maximum absolute atomic E-state index is 12.7. The third kappa shape index (κ3) is 2.43. The molecule has 18 heavy (non-hydrogen) atoms. The van der Waals surface area contributed by atoms with E-state index in [0.717, 1.165) is 0 Å². The van der Waals surface area contributed by atoms with Gasteiger partial charge in [0.2, 0.25) is 0 Å². The highest BCUT2D eigenvalue weighted by Crippen LogP contribution is 2.42. The van der Waals surface area contributed by atoms with Crippen LogP contribution in [0.2, 0.25) is 5.02 Å². The third-order valence-electron chi connectivity index (χ3n) is 3.50. The molecule has 1 aromatic heterocycles. The molecule has 0 radical (unpaired) electrons. The van der Waals surface area contributed by atoms with Crippen molar-refractivity contribution in [2.75, 3.05) is 5.73 Å². The fraction of sp³-hybridized carbons (Fsp3) is 0.727. The zero-order valence-electron chi connectivity index (χ0n) is 9.97. The van der Waals surface area contributed by atoms with Crippen LogP contribution in [0.5, 0.6) is 0 Å². The van der Waals surface area contributed by atoms with Crippen molar-refractivity contribution in [3.63, 3.8) is 0 Å². The van der Waals surface area contributed by atoms with E-state index in [1.165, 1.54) is 4.68 Å². The van der Waals surface area contributed by atoms with Gasteiger partial charge in [-0.25, -0.2) is 4.68 Å². The van der Waals surface area contributed by atoms with Gasteiger partial charge in [-0.05, 0) is 26.2 Å². The molecule has 1 fully saturated rings. The van der Waals surface area contributed by atoms with E-state index in [4.69, 9.17) is 17.3 Å². The Kier molecular flexibility index (Phi) is 3.49. The lowest BCUT2D eigenvalue weighted by molar-refractivity contribution is -0.185. The van der Waals surface area contributed by atoms with Crippen LogP contribution in [0, 0.1) is 12.8 Å². The normalized spacial score (nSPS) is 25.4. The number of aromatic nitrogens is 2. The summed E-state index contributed by atoms with van der Waals surface area (Å²) in [4.78, 5) is 0. The van der Waals surface area contributed by atoms with Gasteiger partial charge in [-0.1, -0.05) is 18.0 Å². The highest BCUT2D eigenvalue weighted by molar-refractivity contribution is 6.33. The van der Waals surface area contributed by atoms with Crippen LogP contribution in [0.1, 0.15) is 37.4 Å². The number of nitrogens with zero attached hydrogens (tertiary/aromatic N) is 2. The Morgan fingerprint density at radius 3 is 2.56 bits per heavy atom. The molecule has 0 amide bonds. The first-order valence-electron chi connectivity index (χ1n) is 5.87. The summed E-state index contributed by atoms with van der Waals surface area (Å²) in [5, 5.41) is 4.48. The van der Waals surface area contributed by atoms with Crippen molar-refractivity contribution in [1.29, 1.82) is 0 Å². The topological polar surface area (TPSA) is 43.8 Å². The number of anilines is 1. The minimum atomic E-state index is -4.14. The van der Waals surface area contributed by atoms with E-state index in [-0.39, 0.29) is 24.7 Å². The molecule has 1 aliphatic rings. The molecule has 3 nitrogen and oxygen atoms in total. The summed E-state index contributed by atoms with van der Waals surface area (Å²) in [6, 6.07) is -0.309. The van der Waals surface area contributed by atoms with Crippen LogP contribution < -0.4 is 5.73 Å². The van der Waals surface area contributed by atoms with Gasteiger partial charge in [-0.2, -0.15) is 18.3 Å². The molecule has 102 valence electrons. The molecule has 1 heterocycles. The van der Waals surface area contributed by atoms with Gasteiger partial charge in [-0.15, -0.1) is 0 Å². The van der Waals surface area contributed by atoms with Crippen LogP contribution in [0.15, 0.2) is 0 Å². The van der Waals surface area contributed by atoms with E-state index in [0.29, 0.717) is 23.6 Å². The monoisotopic (exact) mass is 281 g/mol. The quantitative estimate of drug-likeness (QED) is 0.852. The van der Waals surface area contributed by atoms with Gasteiger partial charge >= 0.3 is 6.18 Å². The molecule has 2 unspecified atom stereocenters. The fourth-order valence-corrected chi connectivity index (χ4v) is 2.63. The molecule has 0 bridgehead atoms. The summed E-state index contributed by atoms with van der Waals surface area (Å²) in [7, 11) is 0. The second-order valence-electron chi connectivity index (χ2n) is 4.79. The first-order valence-corrected chi connectivity index (χ1v) is 6.25. The Labute approximate surface area is 108 Å². The van der Waals surface area contributed by atoms with Crippen LogP contribution in [0.4, 0.5) is 19.0 Å². The standard InChI is InChI=1S/C11H15ClF3N3/c1-6-9(12)10(16)18(17-6)8-4-2-3-7(5-8)11(13,14)15/h7-8H,2-5,16H2,1H3. The maximum Gasteiger partial charge on any atom is 0.391 e. The Bertz CT molecular complexity index is 441. The number of alkyl halides is 3. The molecule has 2 rings (SSSR count). The van der Waals surface area contributed by atoms with Gasteiger partial charge in [-0.3, -0.25) is 0 Å². The Morgan fingerprint density at radius 1 is 1.39 bits per heavy atom. The predicted octanol–water partition coefficient (Wildman–Crippen LogP) is 3.72. The number of rotatable bonds is 1. The Balaban J connectivity index is 2.21. The van der Waals surface area contributed by atoms with Crippen LogP contribution in [0.3, 0.4) is 0 Å². The number of halogens is 4. The van der Waals surface area contributed by atoms with Crippen molar-refractivity contribution in [3.05, 3.63) is 10.7 Å². The molecule has 2 atom stereocenters. The molecule has 1 saturated carbocycles. The van der Waals surface area contributed by atoms with Crippen LogP contribution in [0.25, 0.3) is 0 Å². The van der Waals surface area contributed by atoms with Crippen LogP contribution in [-0.2, 0) is 0 Å². The minimum absolute atomic E-state index is 0.0329. The van der Waals surface area contributed by atoms with Gasteiger partial charge in [0.25, 0.3) is 0 Å². The molecule has 1 aromatic rings. The minimum Gasteiger partial charge on any atom is -0.383 e. The second-order valence-corrected chi connectivity index (χ2v) is 5.17. The number of hydrogen-bond donors (Lipinski definition) is 1. The molecule has 1 aliphatic carbocycles. The van der Waals surface area contributed by atoms with E-state index >= 15 is 0 Å². The highest BCUT2D eigenvalue weighted by Gasteiger charge is 2.43. The fourth-order valence-electron chi connectivity index (χ4n) is 2.51. The average Bonchev–Trinajstić information content (AvgIpc) is 2.56. The van der Waals surface area contributed by atoms with E-state index in [1.54, 1.807) is 6.92 Å². The lowest BCUT2D eigenvalue weighted by atomic mass is 9.85. The number of nitrogen functional groups attached to an aromatic ring is 1. The lowest BCUT2D eigenvalue weighted by Gasteiger charge is -2.31. The van der Waals surface area contributed by atoms with Crippen molar-refractivity contribution in [1.82, 2.24) is 9.78 Å². The molecule has 0 aliphatic heterocycles. The SMILES string of the molecule is Cc1nn(C2CCCC(C(F)(F)F)C2)c(N)c1Cl. The van der Waals surface area contributed by atoms with Gasteiger partial charge in [0.1, 0.15) is 10.8 Å². The molecule has 0 saturated heterocycles. The van der Waals surface area contributed by atoms with Crippen molar-refractivity contribution in [2.45, 2.75) is 44.8 Å². The summed E-state index contributed by atoms with van der Waals surface area (Å²) >= 11 is 5.91. The summed E-state index contributed by atoms with van der Waals surface area (Å²) in [5.41, 5.74) is 6.33. The molecule has 0 spiro atoms. The Hall–Kier alpha value is -0.910. The van der Waals surface area contributed by atoms with E-state index in [9.17, 15) is 13.2 Å². The van der Waals surface area contributed by atoms with Crippen molar-refractivity contribution < 1.29 is 13.2 Å². The molecule has 7 heteroatoms. The Morgan fingerprint density at radius 2 is 2.06 bits per heavy atom. The number of aryl methyl sites for hydroxylation is 1. The van der Waals surface area contributed by atoms with Gasteiger partial charge in [0, 0.05) is 0 Å². The summed E-state index contributed by atoms with van der Waals surface area (Å²) in [6.07, 6.45) is -2.72. The van der Waals surface area contributed by atoms with Crippen LogP contribution >= 0.6 is 11.6 Å². The van der Waals surface area contributed by atoms with Crippen LogP contribution in [-0.4, -0.2) is 16.0 Å². The van der Waals surface area contributed by atoms with Crippen molar-refractivity contribution in [2.24, 2.45) is 5.92 Å². The van der Waals surface area contributed by atoms with Crippen molar-refractivity contribution >= 4 is 17.4 Å². The smallest absolute Gasteiger partial charge is 0.383 e. The third-order valence-corrected chi connectivity index (χ3v) is 3.97. The van der Waals surface area contributed by atoms with E-state index < -0.39 is 12.1 Å². The molecular formula is C11H15ClF3N3. The maximum atomic E-state index is 12.7. The van der Waals surface area contributed by atoms with Gasteiger partial charge < -0.3 is 5.73 Å². The summed E-state index contributed by atoms with van der Waals surface area (Å²) < 4.78 is 39.6. The van der Waals surface area contributed by atoms with Crippen molar-refractivity contribution in [3.8, 4) is 0 Å². The zero-order valence-corrected chi connectivity index (χ0v) is 10.7. The largest absolute Gasteiger partial charge is 0.391 e. The van der Waals surface area contributed by atoms with Gasteiger partial charge in [0.05, 0.1) is 17.7 Å². The number of nitrogens with two attached hydrogens (primary N) is 1. The molecule has 0 aromatic carbocycles. The molecule has 2 N–H and O–H groups in total. The molecular weight excluding hydrogens is 267 g/mol. The first kappa shape index (κ1) is 13.5. The van der Waals surface area contributed by atoms with E-state index in [1.807, 2.05) is 0 Å². The average molecular weight is 282 g/mol.